The Hall–Kier alpha value is -0.520. The third-order valence-corrected chi connectivity index (χ3v) is 5.25. The van der Waals surface area contributed by atoms with Gasteiger partial charge in [0.25, 0.3) is 0 Å². The summed E-state index contributed by atoms with van der Waals surface area (Å²) in [7, 11) is 1.96. The second kappa shape index (κ2) is 5.85. The lowest BCUT2D eigenvalue weighted by Crippen LogP contribution is -2.43. The molecule has 0 saturated carbocycles. The van der Waals surface area contributed by atoms with Crippen molar-refractivity contribution in [3.63, 3.8) is 0 Å². The average molecular weight is 281 g/mol. The molecule has 0 amide bonds. The molecule has 1 N–H and O–H groups in total. The van der Waals surface area contributed by atoms with Crippen molar-refractivity contribution in [3.8, 4) is 0 Å². The zero-order chi connectivity index (χ0) is 13.1. The van der Waals surface area contributed by atoms with Crippen molar-refractivity contribution in [3.05, 3.63) is 18.0 Å². The topological polar surface area (TPSA) is 39.1 Å². The van der Waals surface area contributed by atoms with E-state index < -0.39 is 0 Å². The van der Waals surface area contributed by atoms with Crippen LogP contribution in [0.3, 0.4) is 0 Å². The van der Waals surface area contributed by atoms with Crippen molar-refractivity contribution < 1.29 is 4.74 Å². The van der Waals surface area contributed by atoms with Crippen molar-refractivity contribution in [2.75, 3.05) is 25.2 Å². The van der Waals surface area contributed by atoms with Crippen molar-refractivity contribution in [2.24, 2.45) is 0 Å². The van der Waals surface area contributed by atoms with Gasteiger partial charge in [0.15, 0.2) is 0 Å². The van der Waals surface area contributed by atoms with Gasteiger partial charge in [-0.25, -0.2) is 0 Å². The Morgan fingerprint density at radius 3 is 3.16 bits per heavy atom. The summed E-state index contributed by atoms with van der Waals surface area (Å²) in [6, 6.07) is 2.64. The van der Waals surface area contributed by atoms with Crippen LogP contribution in [0.1, 0.15) is 37.4 Å². The molecular formula is C14H23N3OS. The normalized spacial score (nSPS) is 26.7. The van der Waals surface area contributed by atoms with E-state index in [9.17, 15) is 0 Å². The highest BCUT2D eigenvalue weighted by molar-refractivity contribution is 7.99. The van der Waals surface area contributed by atoms with Crippen LogP contribution in [0.4, 0.5) is 0 Å². The maximum Gasteiger partial charge on any atom is 0.0762 e. The highest BCUT2D eigenvalue weighted by Crippen LogP contribution is 2.41. The lowest BCUT2D eigenvalue weighted by atomic mass is 9.85. The maximum atomic E-state index is 6.15. The lowest BCUT2D eigenvalue weighted by Gasteiger charge is -2.43. The van der Waals surface area contributed by atoms with Gasteiger partial charge in [0.2, 0.25) is 0 Å². The predicted molar refractivity (Wildman–Crippen MR) is 78.5 cm³/mol. The molecule has 1 atom stereocenters. The maximum absolute atomic E-state index is 6.15. The van der Waals surface area contributed by atoms with E-state index in [1.807, 2.05) is 7.05 Å². The molecule has 0 aliphatic carbocycles. The first-order valence-corrected chi connectivity index (χ1v) is 8.37. The monoisotopic (exact) mass is 281 g/mol. The first-order chi connectivity index (χ1) is 9.31. The zero-order valence-corrected chi connectivity index (χ0v) is 12.4. The molecule has 2 fully saturated rings. The van der Waals surface area contributed by atoms with Crippen LogP contribution in [-0.4, -0.2) is 40.5 Å². The number of rotatable bonds is 3. The van der Waals surface area contributed by atoms with Crippen LogP contribution in [0.15, 0.2) is 12.3 Å². The van der Waals surface area contributed by atoms with E-state index in [0.29, 0.717) is 6.04 Å². The van der Waals surface area contributed by atoms with Crippen LogP contribution < -0.4 is 5.32 Å². The van der Waals surface area contributed by atoms with E-state index in [1.54, 1.807) is 0 Å². The molecule has 106 valence electrons. The standard InChI is InChI=1S/C14H23N3OS/c1-15-11-12-2-6-17(16-12)13-3-7-18-14(10-13)4-8-19-9-5-14/h2,6,13,15H,3-5,7-11H2,1H3. The van der Waals surface area contributed by atoms with Crippen LogP contribution in [0, 0.1) is 0 Å². The fourth-order valence-electron chi connectivity index (χ4n) is 3.18. The summed E-state index contributed by atoms with van der Waals surface area (Å²) in [5.74, 6) is 2.49. The zero-order valence-electron chi connectivity index (χ0n) is 11.6. The van der Waals surface area contributed by atoms with Crippen molar-refractivity contribution in [1.82, 2.24) is 15.1 Å². The van der Waals surface area contributed by atoms with Crippen molar-refractivity contribution >= 4 is 11.8 Å². The fourth-order valence-corrected chi connectivity index (χ4v) is 4.41. The van der Waals surface area contributed by atoms with E-state index in [1.165, 1.54) is 24.3 Å². The molecule has 1 unspecified atom stereocenters. The summed E-state index contributed by atoms with van der Waals surface area (Å²) in [5, 5.41) is 7.85. The molecule has 3 rings (SSSR count). The Morgan fingerprint density at radius 1 is 1.53 bits per heavy atom. The largest absolute Gasteiger partial charge is 0.375 e. The number of thioether (sulfide) groups is 1. The summed E-state index contributed by atoms with van der Waals surface area (Å²) < 4.78 is 8.31. The molecule has 2 aliphatic rings. The smallest absolute Gasteiger partial charge is 0.0762 e. The van der Waals surface area contributed by atoms with Gasteiger partial charge in [0.1, 0.15) is 0 Å². The lowest BCUT2D eigenvalue weighted by molar-refractivity contribution is -0.100. The van der Waals surface area contributed by atoms with Crippen LogP contribution >= 0.6 is 11.8 Å². The van der Waals surface area contributed by atoms with Gasteiger partial charge in [-0.1, -0.05) is 0 Å². The Labute approximate surface area is 119 Å². The number of hydrogen-bond donors (Lipinski definition) is 1. The van der Waals surface area contributed by atoms with E-state index in [-0.39, 0.29) is 5.60 Å². The molecule has 1 spiro atoms. The SMILES string of the molecule is CNCc1ccn(C2CCOC3(CCSCC3)C2)n1. The minimum atomic E-state index is 0.142. The number of nitrogens with one attached hydrogen (secondary N) is 1. The first-order valence-electron chi connectivity index (χ1n) is 7.22. The summed E-state index contributed by atoms with van der Waals surface area (Å²) in [6.45, 7) is 1.73. The molecule has 19 heavy (non-hydrogen) atoms. The molecule has 1 aromatic rings. The molecular weight excluding hydrogens is 258 g/mol. The Bertz CT molecular complexity index is 409. The quantitative estimate of drug-likeness (QED) is 0.922. The third kappa shape index (κ3) is 2.98. The number of hydrogen-bond acceptors (Lipinski definition) is 4. The molecule has 2 saturated heterocycles. The molecule has 4 nitrogen and oxygen atoms in total. The van der Waals surface area contributed by atoms with Gasteiger partial charge in [-0.2, -0.15) is 16.9 Å². The van der Waals surface area contributed by atoms with Crippen LogP contribution in [-0.2, 0) is 11.3 Å². The Kier molecular flexibility index (Phi) is 4.15. The molecule has 5 heteroatoms. The van der Waals surface area contributed by atoms with Gasteiger partial charge in [0, 0.05) is 19.3 Å². The first kappa shape index (κ1) is 13.5. The van der Waals surface area contributed by atoms with Crippen LogP contribution in [0.2, 0.25) is 0 Å². The summed E-state index contributed by atoms with van der Waals surface area (Å²) in [6.07, 6.45) is 6.77. The molecule has 0 aromatic carbocycles. The second-order valence-electron chi connectivity index (χ2n) is 5.61. The summed E-state index contributed by atoms with van der Waals surface area (Å²) in [4.78, 5) is 0. The predicted octanol–water partition coefficient (Wildman–Crippen LogP) is 2.22. The van der Waals surface area contributed by atoms with Gasteiger partial charge >= 0.3 is 0 Å². The van der Waals surface area contributed by atoms with Crippen LogP contribution in [0.5, 0.6) is 0 Å². The minimum Gasteiger partial charge on any atom is -0.375 e. The molecule has 0 bridgehead atoms. The molecule has 0 radical (unpaired) electrons. The third-order valence-electron chi connectivity index (χ3n) is 4.27. The second-order valence-corrected chi connectivity index (χ2v) is 6.83. The van der Waals surface area contributed by atoms with Crippen LogP contribution in [0.25, 0.3) is 0 Å². The van der Waals surface area contributed by atoms with E-state index in [2.05, 4.69) is 34.0 Å². The Balaban J connectivity index is 1.69. The van der Waals surface area contributed by atoms with Gasteiger partial charge < -0.3 is 10.1 Å². The van der Waals surface area contributed by atoms with Gasteiger partial charge in [-0.3, -0.25) is 4.68 Å². The summed E-state index contributed by atoms with van der Waals surface area (Å²) in [5.41, 5.74) is 1.27. The van der Waals surface area contributed by atoms with E-state index in [0.717, 1.165) is 31.7 Å². The van der Waals surface area contributed by atoms with Gasteiger partial charge in [-0.15, -0.1) is 0 Å². The van der Waals surface area contributed by atoms with Crippen molar-refractivity contribution in [1.29, 1.82) is 0 Å². The number of nitrogens with zero attached hydrogens (tertiary/aromatic N) is 2. The Morgan fingerprint density at radius 2 is 2.37 bits per heavy atom. The van der Waals surface area contributed by atoms with Crippen molar-refractivity contribution in [2.45, 2.75) is 43.9 Å². The van der Waals surface area contributed by atoms with Gasteiger partial charge in [-0.05, 0) is 50.3 Å². The highest BCUT2D eigenvalue weighted by Gasteiger charge is 2.39. The minimum absolute atomic E-state index is 0.142. The highest BCUT2D eigenvalue weighted by atomic mass is 32.2. The average Bonchev–Trinajstić information content (AvgIpc) is 2.89. The molecule has 2 aliphatic heterocycles. The number of ether oxygens (including phenoxy) is 1. The van der Waals surface area contributed by atoms with E-state index in [4.69, 9.17) is 9.84 Å². The number of aromatic nitrogens is 2. The molecule has 3 heterocycles. The fraction of sp³-hybridized carbons (Fsp3) is 0.786. The van der Waals surface area contributed by atoms with E-state index >= 15 is 0 Å². The van der Waals surface area contributed by atoms with Gasteiger partial charge in [0.05, 0.1) is 17.3 Å². The summed E-state index contributed by atoms with van der Waals surface area (Å²) >= 11 is 2.06. The molecule has 1 aromatic heterocycles.